The van der Waals surface area contributed by atoms with Crippen LogP contribution in [-0.2, 0) is 28.9 Å². The Hall–Kier alpha value is -2.42. The fourth-order valence-corrected chi connectivity index (χ4v) is 4.75. The van der Waals surface area contributed by atoms with Crippen molar-refractivity contribution in [3.05, 3.63) is 32.6 Å². The SMILES string of the molecule is COC(=O)c1c(NC(=O)C[n+]2cc(=O)o[nH]2)sc2c1CCC(C(C)(C)C)C2. The molecule has 0 saturated carbocycles. The first kappa shape index (κ1) is 19.3. The van der Waals surface area contributed by atoms with Gasteiger partial charge in [-0.05, 0) is 41.4 Å². The quantitative estimate of drug-likeness (QED) is 0.609. The maximum Gasteiger partial charge on any atom is 0.426 e. The standard InChI is InChI=1S/C18H23N3O5S/c1-18(2,3)10-5-6-11-12(7-10)27-16(15(11)17(24)25-4)19-13(22)8-21-9-14(23)26-20-21/h9-10H,5-8H2,1-4H3,(H-,19,20,22,23,24)/p+1. The molecule has 2 N–H and O–H groups in total. The molecular weight excluding hydrogens is 370 g/mol. The van der Waals surface area contributed by atoms with Crippen molar-refractivity contribution in [2.24, 2.45) is 11.3 Å². The first-order valence-corrected chi connectivity index (χ1v) is 9.61. The van der Waals surface area contributed by atoms with Crippen LogP contribution < -0.4 is 15.6 Å². The van der Waals surface area contributed by atoms with Gasteiger partial charge in [0.25, 0.3) is 18.6 Å². The van der Waals surface area contributed by atoms with Crippen LogP contribution in [-0.4, -0.2) is 24.3 Å². The Labute approximate surface area is 160 Å². The molecule has 2 heterocycles. The fraction of sp³-hybridized carbons (Fsp3) is 0.556. The van der Waals surface area contributed by atoms with E-state index in [2.05, 4.69) is 35.9 Å². The number of aromatic nitrogens is 2. The Balaban J connectivity index is 1.86. The minimum atomic E-state index is -0.571. The van der Waals surface area contributed by atoms with Crippen molar-refractivity contribution in [3.8, 4) is 0 Å². The number of rotatable bonds is 4. The maximum atomic E-state index is 12.4. The van der Waals surface area contributed by atoms with Gasteiger partial charge < -0.3 is 10.1 Å². The Morgan fingerprint density at radius 1 is 1.44 bits per heavy atom. The third kappa shape index (κ3) is 4.13. The topological polar surface area (TPSA) is 105 Å². The molecule has 1 unspecified atom stereocenters. The van der Waals surface area contributed by atoms with Gasteiger partial charge >= 0.3 is 11.6 Å². The minimum Gasteiger partial charge on any atom is -0.465 e. The van der Waals surface area contributed by atoms with Crippen LogP contribution in [0.15, 0.2) is 15.5 Å². The van der Waals surface area contributed by atoms with Crippen LogP contribution in [0.25, 0.3) is 0 Å². The van der Waals surface area contributed by atoms with E-state index in [1.54, 1.807) is 0 Å². The summed E-state index contributed by atoms with van der Waals surface area (Å²) in [5.74, 6) is -0.293. The Morgan fingerprint density at radius 3 is 2.78 bits per heavy atom. The molecule has 0 spiro atoms. The molecule has 0 radical (unpaired) electrons. The fourth-order valence-electron chi connectivity index (χ4n) is 3.41. The van der Waals surface area contributed by atoms with Crippen molar-refractivity contribution in [1.82, 2.24) is 5.27 Å². The summed E-state index contributed by atoms with van der Waals surface area (Å²) in [5.41, 5.74) is 1.04. The first-order chi connectivity index (χ1) is 12.7. The Bertz CT molecular complexity index is 918. The summed E-state index contributed by atoms with van der Waals surface area (Å²) in [6.45, 7) is 6.55. The van der Waals surface area contributed by atoms with Crippen molar-refractivity contribution in [1.29, 1.82) is 0 Å². The highest BCUT2D eigenvalue weighted by atomic mass is 32.1. The third-order valence-corrected chi connectivity index (χ3v) is 6.14. The van der Waals surface area contributed by atoms with Crippen LogP contribution in [0.5, 0.6) is 0 Å². The van der Waals surface area contributed by atoms with Crippen LogP contribution >= 0.6 is 11.3 Å². The first-order valence-electron chi connectivity index (χ1n) is 8.79. The highest BCUT2D eigenvalue weighted by Crippen LogP contribution is 2.44. The van der Waals surface area contributed by atoms with Crippen LogP contribution in [0.2, 0.25) is 0 Å². The zero-order chi connectivity index (χ0) is 19.8. The molecule has 146 valence electrons. The highest BCUT2D eigenvalue weighted by molar-refractivity contribution is 7.17. The molecule has 8 nitrogen and oxygen atoms in total. The zero-order valence-corrected chi connectivity index (χ0v) is 16.7. The average molecular weight is 394 g/mol. The van der Waals surface area contributed by atoms with E-state index in [-0.39, 0.29) is 17.9 Å². The molecule has 0 bridgehead atoms. The largest absolute Gasteiger partial charge is 0.465 e. The van der Waals surface area contributed by atoms with E-state index in [4.69, 9.17) is 4.74 Å². The summed E-state index contributed by atoms with van der Waals surface area (Å²) in [5, 5.41) is 5.61. The van der Waals surface area contributed by atoms with Crippen molar-refractivity contribution >= 4 is 28.2 Å². The molecule has 27 heavy (non-hydrogen) atoms. The summed E-state index contributed by atoms with van der Waals surface area (Å²) in [6.07, 6.45) is 3.82. The highest BCUT2D eigenvalue weighted by Gasteiger charge is 2.34. The number of ether oxygens (including phenoxy) is 1. The molecule has 2 aromatic heterocycles. The van der Waals surface area contributed by atoms with Gasteiger partial charge in [-0.2, -0.15) is 0 Å². The number of H-pyrrole nitrogens is 1. The third-order valence-electron chi connectivity index (χ3n) is 4.97. The average Bonchev–Trinajstić information content (AvgIpc) is 3.15. The summed E-state index contributed by atoms with van der Waals surface area (Å²) < 4.78 is 10.7. The van der Waals surface area contributed by atoms with Crippen molar-refractivity contribution in [2.45, 2.75) is 46.6 Å². The molecule has 0 fully saturated rings. The van der Waals surface area contributed by atoms with Gasteiger partial charge in [0, 0.05) is 4.88 Å². The van der Waals surface area contributed by atoms with Gasteiger partial charge in [0.05, 0.1) is 12.7 Å². The summed E-state index contributed by atoms with van der Waals surface area (Å²) in [4.78, 5) is 36.9. The molecule has 0 aliphatic heterocycles. The molecule has 0 saturated heterocycles. The van der Waals surface area contributed by atoms with E-state index in [0.717, 1.165) is 35.9 Å². The van der Waals surface area contributed by atoms with E-state index in [1.165, 1.54) is 23.1 Å². The Morgan fingerprint density at radius 2 is 2.19 bits per heavy atom. The maximum absolute atomic E-state index is 12.4. The summed E-state index contributed by atoms with van der Waals surface area (Å²) in [6, 6.07) is 0. The lowest BCUT2D eigenvalue weighted by molar-refractivity contribution is -0.750. The lowest BCUT2D eigenvalue weighted by Crippen LogP contribution is -2.41. The number of carbonyl (C=O) groups excluding carboxylic acids is 2. The molecule has 2 aromatic rings. The van der Waals surface area contributed by atoms with E-state index in [1.807, 2.05) is 0 Å². The zero-order valence-electron chi connectivity index (χ0n) is 15.9. The predicted molar refractivity (Wildman–Crippen MR) is 98.8 cm³/mol. The molecule has 9 heteroatoms. The number of fused-ring (bicyclic) bond motifs is 1. The number of anilines is 1. The number of nitrogens with one attached hydrogen (secondary N) is 2. The number of amides is 1. The molecule has 1 amide bonds. The lowest BCUT2D eigenvalue weighted by Gasteiger charge is -2.33. The van der Waals surface area contributed by atoms with Crippen LogP contribution in [0, 0.1) is 11.3 Å². The Kier molecular flexibility index (Phi) is 5.23. The number of hydrogen-bond donors (Lipinski definition) is 2. The van der Waals surface area contributed by atoms with Crippen molar-refractivity contribution in [2.75, 3.05) is 12.4 Å². The molecule has 1 aliphatic carbocycles. The van der Waals surface area contributed by atoms with Gasteiger partial charge in [-0.1, -0.05) is 25.5 Å². The minimum absolute atomic E-state index is 0.125. The van der Waals surface area contributed by atoms with Crippen LogP contribution in [0.1, 0.15) is 48.0 Å². The van der Waals surface area contributed by atoms with Crippen molar-refractivity contribution < 1.29 is 23.5 Å². The molecule has 1 aliphatic rings. The molecule has 0 aromatic carbocycles. The number of esters is 1. The lowest BCUT2D eigenvalue weighted by atomic mass is 9.72. The number of nitrogens with zero attached hydrogens (tertiary/aromatic N) is 1. The number of methoxy groups -OCH3 is 1. The smallest absolute Gasteiger partial charge is 0.426 e. The van der Waals surface area contributed by atoms with Gasteiger partial charge in [0.1, 0.15) is 5.00 Å². The normalized spacial score (nSPS) is 16.7. The molecule has 1 atom stereocenters. The summed E-state index contributed by atoms with van der Waals surface area (Å²) >= 11 is 1.43. The van der Waals surface area contributed by atoms with Gasteiger partial charge in [-0.3, -0.25) is 9.32 Å². The van der Waals surface area contributed by atoms with Gasteiger partial charge in [0.15, 0.2) is 0 Å². The van der Waals surface area contributed by atoms with Gasteiger partial charge in [0.2, 0.25) is 0 Å². The number of hydrogen-bond acceptors (Lipinski definition) is 6. The van der Waals surface area contributed by atoms with Gasteiger partial charge in [-0.25, -0.2) is 9.59 Å². The second kappa shape index (κ2) is 7.30. The number of aromatic amines is 1. The van der Waals surface area contributed by atoms with E-state index < -0.39 is 11.6 Å². The second-order valence-corrected chi connectivity index (χ2v) is 8.93. The van der Waals surface area contributed by atoms with Gasteiger partial charge in [-0.15, -0.1) is 11.3 Å². The molecule has 3 rings (SSSR count). The second-order valence-electron chi connectivity index (χ2n) is 7.82. The monoisotopic (exact) mass is 394 g/mol. The van der Waals surface area contributed by atoms with Crippen molar-refractivity contribution in [3.63, 3.8) is 0 Å². The summed E-state index contributed by atoms with van der Waals surface area (Å²) in [7, 11) is 1.34. The van der Waals surface area contributed by atoms with E-state index >= 15 is 0 Å². The van der Waals surface area contributed by atoms with E-state index in [0.29, 0.717) is 16.5 Å². The van der Waals surface area contributed by atoms with E-state index in [9.17, 15) is 14.4 Å². The molecular formula is C18H24N3O5S+. The van der Waals surface area contributed by atoms with Crippen LogP contribution in [0.3, 0.4) is 0 Å². The predicted octanol–water partition coefficient (Wildman–Crippen LogP) is 1.89. The number of thiophene rings is 1. The van der Waals surface area contributed by atoms with Crippen LogP contribution in [0.4, 0.5) is 5.00 Å². The number of carbonyl (C=O) groups is 2.